The molecule has 2 aromatic carbocycles. The summed E-state index contributed by atoms with van der Waals surface area (Å²) in [5.41, 5.74) is 3.56. The van der Waals surface area contributed by atoms with Crippen LogP contribution in [0.25, 0.3) is 11.4 Å². The molecule has 0 atom stereocenters. The molecule has 7 heteroatoms. The largest absolute Gasteiger partial charge is 0.337 e. The molecule has 0 aliphatic carbocycles. The smallest absolute Gasteiger partial charge is 0.233 e. The maximum Gasteiger partial charge on any atom is 0.233 e. The molecule has 0 saturated carbocycles. The van der Waals surface area contributed by atoms with Gasteiger partial charge in [0.25, 0.3) is 0 Å². The van der Waals surface area contributed by atoms with Crippen LogP contribution < -0.4 is 0 Å². The van der Waals surface area contributed by atoms with Gasteiger partial charge in [0.05, 0.1) is 5.75 Å². The molecule has 0 saturated heterocycles. The van der Waals surface area contributed by atoms with Crippen molar-refractivity contribution in [2.24, 2.45) is 0 Å². The van der Waals surface area contributed by atoms with Crippen LogP contribution in [0.3, 0.4) is 0 Å². The number of carbonyl (C=O) groups is 1. The molecule has 1 amide bonds. The molecule has 4 rings (SSSR count). The van der Waals surface area contributed by atoms with E-state index in [0.717, 1.165) is 34.0 Å². The highest BCUT2D eigenvalue weighted by atomic mass is 79.9. The van der Waals surface area contributed by atoms with E-state index in [0.29, 0.717) is 18.8 Å². The molecule has 2 heterocycles. The van der Waals surface area contributed by atoms with E-state index in [1.54, 1.807) is 0 Å². The zero-order chi connectivity index (χ0) is 20.2. The van der Waals surface area contributed by atoms with Gasteiger partial charge in [-0.1, -0.05) is 70.2 Å². The number of hydrogen-bond acceptors (Lipinski definition) is 4. The van der Waals surface area contributed by atoms with E-state index in [1.807, 2.05) is 45.9 Å². The van der Waals surface area contributed by atoms with Gasteiger partial charge >= 0.3 is 0 Å². The van der Waals surface area contributed by atoms with Crippen LogP contribution in [0.4, 0.5) is 0 Å². The normalized spacial score (nSPS) is 13.2. The third kappa shape index (κ3) is 4.46. The van der Waals surface area contributed by atoms with E-state index in [2.05, 4.69) is 50.9 Å². The van der Waals surface area contributed by atoms with Crippen molar-refractivity contribution in [3.05, 3.63) is 76.8 Å². The number of thioether (sulfide) groups is 1. The van der Waals surface area contributed by atoms with Crippen LogP contribution in [-0.2, 0) is 24.3 Å². The van der Waals surface area contributed by atoms with Crippen LogP contribution in [0.1, 0.15) is 11.1 Å². The highest BCUT2D eigenvalue weighted by Gasteiger charge is 2.22. The van der Waals surface area contributed by atoms with E-state index < -0.39 is 0 Å². The number of nitrogens with zero attached hydrogens (tertiary/aromatic N) is 4. The van der Waals surface area contributed by atoms with Crippen LogP contribution >= 0.6 is 27.7 Å². The Labute approximate surface area is 183 Å². The van der Waals surface area contributed by atoms with Crippen molar-refractivity contribution in [3.8, 4) is 11.4 Å². The Morgan fingerprint density at radius 3 is 2.66 bits per heavy atom. The van der Waals surface area contributed by atoms with Gasteiger partial charge in [0.2, 0.25) is 5.91 Å². The molecule has 5 nitrogen and oxygen atoms in total. The van der Waals surface area contributed by atoms with E-state index in [1.165, 1.54) is 22.9 Å². The van der Waals surface area contributed by atoms with Gasteiger partial charge < -0.3 is 4.90 Å². The highest BCUT2D eigenvalue weighted by molar-refractivity contribution is 9.10. The minimum absolute atomic E-state index is 0.128. The molecule has 29 heavy (non-hydrogen) atoms. The number of fused-ring (bicyclic) bond motifs is 1. The van der Waals surface area contributed by atoms with Crippen molar-refractivity contribution >= 4 is 33.6 Å². The average molecular weight is 469 g/mol. The van der Waals surface area contributed by atoms with E-state index in [9.17, 15) is 4.79 Å². The predicted molar refractivity (Wildman–Crippen MR) is 120 cm³/mol. The summed E-state index contributed by atoms with van der Waals surface area (Å²) in [5, 5.41) is 9.42. The Hall–Kier alpha value is -2.38. The molecule has 0 spiro atoms. The Balaban J connectivity index is 1.46. The molecule has 0 unspecified atom stereocenters. The van der Waals surface area contributed by atoms with Gasteiger partial charge in [0, 0.05) is 29.7 Å². The van der Waals surface area contributed by atoms with Crippen LogP contribution in [0.15, 0.2) is 70.8 Å². The molecule has 0 bridgehead atoms. The van der Waals surface area contributed by atoms with E-state index in [-0.39, 0.29) is 5.91 Å². The first kappa shape index (κ1) is 19.9. The Bertz CT molecular complexity index is 1030. The Morgan fingerprint density at radius 2 is 1.90 bits per heavy atom. The first-order valence-corrected chi connectivity index (χ1v) is 11.2. The number of amides is 1. The SMILES string of the molecule is C=CCn1c(SCC(=O)N2CCc3ccccc3C2)nnc1-c1ccc(Br)cc1. The lowest BCUT2D eigenvalue weighted by Gasteiger charge is -2.28. The van der Waals surface area contributed by atoms with Gasteiger partial charge in [-0.15, -0.1) is 16.8 Å². The van der Waals surface area contributed by atoms with Crippen molar-refractivity contribution in [2.75, 3.05) is 12.3 Å². The van der Waals surface area contributed by atoms with Crippen molar-refractivity contribution in [1.82, 2.24) is 19.7 Å². The van der Waals surface area contributed by atoms with Gasteiger partial charge in [0.15, 0.2) is 11.0 Å². The third-order valence-corrected chi connectivity index (χ3v) is 6.42. The molecule has 1 aromatic heterocycles. The number of hydrogen-bond donors (Lipinski definition) is 0. The summed E-state index contributed by atoms with van der Waals surface area (Å²) in [5.74, 6) is 1.25. The van der Waals surface area contributed by atoms with Crippen LogP contribution in [-0.4, -0.2) is 37.9 Å². The molecular formula is C22H21BrN4OS. The van der Waals surface area contributed by atoms with Gasteiger partial charge in [0.1, 0.15) is 0 Å². The monoisotopic (exact) mass is 468 g/mol. The number of benzene rings is 2. The second-order valence-electron chi connectivity index (χ2n) is 6.84. The third-order valence-electron chi connectivity index (χ3n) is 4.94. The first-order chi connectivity index (χ1) is 14.2. The zero-order valence-electron chi connectivity index (χ0n) is 15.9. The van der Waals surface area contributed by atoms with Gasteiger partial charge in [-0.3, -0.25) is 9.36 Å². The van der Waals surface area contributed by atoms with Crippen LogP contribution in [0, 0.1) is 0 Å². The molecule has 1 aliphatic rings. The van der Waals surface area contributed by atoms with Crippen molar-refractivity contribution < 1.29 is 4.79 Å². The topological polar surface area (TPSA) is 51.0 Å². The molecular weight excluding hydrogens is 448 g/mol. The maximum atomic E-state index is 12.8. The Morgan fingerprint density at radius 1 is 1.14 bits per heavy atom. The zero-order valence-corrected chi connectivity index (χ0v) is 18.3. The molecule has 1 aliphatic heterocycles. The predicted octanol–water partition coefficient (Wildman–Crippen LogP) is 4.57. The number of allylic oxidation sites excluding steroid dienone is 1. The lowest BCUT2D eigenvalue weighted by molar-refractivity contribution is -0.129. The highest BCUT2D eigenvalue weighted by Crippen LogP contribution is 2.26. The lowest BCUT2D eigenvalue weighted by atomic mass is 10.00. The fraction of sp³-hybridized carbons (Fsp3) is 0.227. The molecule has 0 N–H and O–H groups in total. The van der Waals surface area contributed by atoms with Crippen molar-refractivity contribution in [2.45, 2.75) is 24.7 Å². The summed E-state index contributed by atoms with van der Waals surface area (Å²) in [6, 6.07) is 16.3. The minimum Gasteiger partial charge on any atom is -0.337 e. The summed E-state index contributed by atoms with van der Waals surface area (Å²) in [4.78, 5) is 14.7. The summed E-state index contributed by atoms with van der Waals surface area (Å²) in [6.07, 6.45) is 2.73. The summed E-state index contributed by atoms with van der Waals surface area (Å²) < 4.78 is 3.01. The first-order valence-electron chi connectivity index (χ1n) is 9.43. The maximum absolute atomic E-state index is 12.8. The summed E-state index contributed by atoms with van der Waals surface area (Å²) >= 11 is 4.89. The Kier molecular flexibility index (Phi) is 6.16. The lowest BCUT2D eigenvalue weighted by Crippen LogP contribution is -2.37. The molecule has 0 radical (unpaired) electrons. The fourth-order valence-electron chi connectivity index (χ4n) is 3.43. The second kappa shape index (κ2) is 8.97. The number of aromatic nitrogens is 3. The quantitative estimate of drug-likeness (QED) is 0.392. The fourth-order valence-corrected chi connectivity index (χ4v) is 4.54. The van der Waals surface area contributed by atoms with Crippen molar-refractivity contribution in [3.63, 3.8) is 0 Å². The van der Waals surface area contributed by atoms with Crippen LogP contribution in [0.5, 0.6) is 0 Å². The average Bonchev–Trinajstić information content (AvgIpc) is 3.15. The van der Waals surface area contributed by atoms with E-state index >= 15 is 0 Å². The standard InChI is InChI=1S/C22H21BrN4OS/c1-2-12-27-21(17-7-9-19(23)10-8-17)24-25-22(27)29-15-20(28)26-13-11-16-5-3-4-6-18(16)14-26/h2-10H,1,11-15H2. The van der Waals surface area contributed by atoms with Crippen LogP contribution in [0.2, 0.25) is 0 Å². The summed E-state index contributed by atoms with van der Waals surface area (Å²) in [7, 11) is 0. The number of carbonyl (C=O) groups excluding carboxylic acids is 1. The minimum atomic E-state index is 0.128. The van der Waals surface area contributed by atoms with Gasteiger partial charge in [-0.05, 0) is 29.7 Å². The summed E-state index contributed by atoms with van der Waals surface area (Å²) in [6.45, 7) is 5.88. The van der Waals surface area contributed by atoms with Gasteiger partial charge in [-0.2, -0.15) is 0 Å². The van der Waals surface area contributed by atoms with E-state index in [4.69, 9.17) is 0 Å². The molecule has 3 aromatic rings. The van der Waals surface area contributed by atoms with Crippen molar-refractivity contribution in [1.29, 1.82) is 0 Å². The molecule has 0 fully saturated rings. The number of halogens is 1. The number of rotatable bonds is 6. The second-order valence-corrected chi connectivity index (χ2v) is 8.69. The van der Waals surface area contributed by atoms with Gasteiger partial charge in [-0.25, -0.2) is 0 Å². The molecule has 148 valence electrons.